The van der Waals surface area contributed by atoms with Crippen LogP contribution in [0.3, 0.4) is 0 Å². The van der Waals surface area contributed by atoms with E-state index in [1.54, 1.807) is 7.11 Å². The van der Waals surface area contributed by atoms with E-state index < -0.39 is 5.60 Å². The molecule has 1 aromatic rings. The zero-order valence-electron chi connectivity index (χ0n) is 12.5. The van der Waals surface area contributed by atoms with Crippen molar-refractivity contribution in [2.24, 2.45) is 0 Å². The van der Waals surface area contributed by atoms with Gasteiger partial charge in [-0.25, -0.2) is 9.97 Å². The Kier molecular flexibility index (Phi) is 4.70. The van der Waals surface area contributed by atoms with Crippen molar-refractivity contribution in [1.82, 2.24) is 9.97 Å². The van der Waals surface area contributed by atoms with Gasteiger partial charge in [0, 0.05) is 18.9 Å². The summed E-state index contributed by atoms with van der Waals surface area (Å²) in [5, 5.41) is 2.90. The molecule has 0 unspecified atom stereocenters. The molecule has 5 nitrogen and oxygen atoms in total. The van der Waals surface area contributed by atoms with Crippen LogP contribution in [0.1, 0.15) is 50.5 Å². The third-order valence-electron chi connectivity index (χ3n) is 3.96. The summed E-state index contributed by atoms with van der Waals surface area (Å²) in [5.41, 5.74) is 0.242. The third-order valence-corrected chi connectivity index (χ3v) is 3.96. The first-order valence-corrected chi connectivity index (χ1v) is 7.31. The van der Waals surface area contributed by atoms with Crippen molar-refractivity contribution in [3.63, 3.8) is 0 Å². The second-order valence-corrected chi connectivity index (χ2v) is 5.36. The van der Waals surface area contributed by atoms with Crippen LogP contribution in [0.15, 0.2) is 6.07 Å². The number of amides is 1. The van der Waals surface area contributed by atoms with Crippen LogP contribution in [-0.4, -0.2) is 28.6 Å². The van der Waals surface area contributed by atoms with E-state index in [-0.39, 0.29) is 5.91 Å². The SMILES string of the molecule is CCc1cc(NC(=O)C2(OC)CCCCC2)nc(C)n1. The molecule has 1 amide bonds. The lowest BCUT2D eigenvalue weighted by atomic mass is 9.84. The van der Waals surface area contributed by atoms with Crippen molar-refractivity contribution < 1.29 is 9.53 Å². The average Bonchev–Trinajstić information content (AvgIpc) is 2.47. The fraction of sp³-hybridized carbons (Fsp3) is 0.667. The van der Waals surface area contributed by atoms with E-state index in [0.29, 0.717) is 11.6 Å². The molecule has 0 radical (unpaired) electrons. The van der Waals surface area contributed by atoms with E-state index >= 15 is 0 Å². The number of nitrogens with one attached hydrogen (secondary N) is 1. The molecule has 5 heteroatoms. The van der Waals surface area contributed by atoms with Gasteiger partial charge in [-0.15, -0.1) is 0 Å². The molecular weight excluding hydrogens is 254 g/mol. The second kappa shape index (κ2) is 6.31. The highest BCUT2D eigenvalue weighted by Crippen LogP contribution is 2.32. The number of carbonyl (C=O) groups is 1. The van der Waals surface area contributed by atoms with Gasteiger partial charge in [0.2, 0.25) is 0 Å². The van der Waals surface area contributed by atoms with Gasteiger partial charge in [-0.3, -0.25) is 4.79 Å². The first-order valence-electron chi connectivity index (χ1n) is 7.31. The van der Waals surface area contributed by atoms with Gasteiger partial charge in [0.05, 0.1) is 0 Å². The van der Waals surface area contributed by atoms with E-state index in [1.165, 1.54) is 6.42 Å². The number of rotatable bonds is 4. The molecule has 0 spiro atoms. The molecule has 110 valence electrons. The first-order chi connectivity index (χ1) is 9.59. The molecule has 1 saturated carbocycles. The highest BCUT2D eigenvalue weighted by Gasteiger charge is 2.39. The maximum atomic E-state index is 12.5. The summed E-state index contributed by atoms with van der Waals surface area (Å²) in [7, 11) is 1.62. The molecule has 20 heavy (non-hydrogen) atoms. The lowest BCUT2D eigenvalue weighted by Gasteiger charge is -2.34. The molecule has 1 aliphatic rings. The Morgan fingerprint density at radius 2 is 2.05 bits per heavy atom. The van der Waals surface area contributed by atoms with Gasteiger partial charge in [0.25, 0.3) is 5.91 Å². The number of aromatic nitrogens is 2. The molecule has 0 atom stereocenters. The van der Waals surface area contributed by atoms with Crippen LogP contribution < -0.4 is 5.32 Å². The maximum Gasteiger partial charge on any atom is 0.257 e. The molecule has 1 aliphatic carbocycles. The summed E-state index contributed by atoms with van der Waals surface area (Å²) >= 11 is 0. The number of hydrogen-bond acceptors (Lipinski definition) is 4. The number of aryl methyl sites for hydroxylation is 2. The Labute approximate surface area is 120 Å². The maximum absolute atomic E-state index is 12.5. The molecule has 2 rings (SSSR count). The summed E-state index contributed by atoms with van der Waals surface area (Å²) in [6.45, 7) is 3.87. The molecule has 0 aliphatic heterocycles. The third kappa shape index (κ3) is 3.15. The minimum Gasteiger partial charge on any atom is -0.368 e. The quantitative estimate of drug-likeness (QED) is 0.919. The normalized spacial score (nSPS) is 17.8. The Balaban J connectivity index is 2.15. The summed E-state index contributed by atoms with van der Waals surface area (Å²) < 4.78 is 5.54. The van der Waals surface area contributed by atoms with Crippen LogP contribution in [0, 0.1) is 6.92 Å². The monoisotopic (exact) mass is 277 g/mol. The van der Waals surface area contributed by atoms with Crippen molar-refractivity contribution in [3.05, 3.63) is 17.6 Å². The van der Waals surface area contributed by atoms with Crippen LogP contribution in [0.4, 0.5) is 5.82 Å². The highest BCUT2D eigenvalue weighted by molar-refractivity contribution is 5.96. The van der Waals surface area contributed by atoms with Gasteiger partial charge < -0.3 is 10.1 Å². The van der Waals surface area contributed by atoms with E-state index in [4.69, 9.17) is 4.74 Å². The molecule has 1 heterocycles. The van der Waals surface area contributed by atoms with Gasteiger partial charge in [-0.1, -0.05) is 26.2 Å². The predicted molar refractivity (Wildman–Crippen MR) is 77.6 cm³/mol. The molecule has 1 aromatic heterocycles. The second-order valence-electron chi connectivity index (χ2n) is 5.36. The average molecular weight is 277 g/mol. The van der Waals surface area contributed by atoms with Gasteiger partial charge in [-0.2, -0.15) is 0 Å². The molecule has 0 saturated heterocycles. The number of nitrogens with zero attached hydrogens (tertiary/aromatic N) is 2. The number of anilines is 1. The summed E-state index contributed by atoms with van der Waals surface area (Å²) in [6.07, 6.45) is 5.61. The minimum atomic E-state index is -0.691. The fourth-order valence-electron chi connectivity index (χ4n) is 2.75. The first kappa shape index (κ1) is 14.9. The molecule has 1 fully saturated rings. The largest absolute Gasteiger partial charge is 0.368 e. The molecular formula is C15H23N3O2. The van der Waals surface area contributed by atoms with Gasteiger partial charge in [0.15, 0.2) is 0 Å². The Bertz CT molecular complexity index is 482. The number of methoxy groups -OCH3 is 1. The van der Waals surface area contributed by atoms with Gasteiger partial charge >= 0.3 is 0 Å². The minimum absolute atomic E-state index is 0.0835. The molecule has 0 aromatic carbocycles. The Morgan fingerprint density at radius 3 is 2.65 bits per heavy atom. The van der Waals surface area contributed by atoms with E-state index in [0.717, 1.165) is 37.8 Å². The molecule has 1 N–H and O–H groups in total. The van der Waals surface area contributed by atoms with Crippen molar-refractivity contribution in [1.29, 1.82) is 0 Å². The van der Waals surface area contributed by atoms with Crippen LogP contribution in [-0.2, 0) is 16.0 Å². The van der Waals surface area contributed by atoms with Crippen molar-refractivity contribution >= 4 is 11.7 Å². The van der Waals surface area contributed by atoms with Gasteiger partial charge in [0.1, 0.15) is 17.2 Å². The highest BCUT2D eigenvalue weighted by atomic mass is 16.5. The lowest BCUT2D eigenvalue weighted by Crippen LogP contribution is -2.46. The number of carbonyl (C=O) groups excluding carboxylic acids is 1. The van der Waals surface area contributed by atoms with E-state index in [1.807, 2.05) is 19.9 Å². The van der Waals surface area contributed by atoms with E-state index in [2.05, 4.69) is 15.3 Å². The smallest absolute Gasteiger partial charge is 0.257 e. The van der Waals surface area contributed by atoms with Crippen LogP contribution >= 0.6 is 0 Å². The number of ether oxygens (including phenoxy) is 1. The van der Waals surface area contributed by atoms with Gasteiger partial charge in [-0.05, 0) is 26.2 Å². The van der Waals surface area contributed by atoms with E-state index in [9.17, 15) is 4.79 Å². The Morgan fingerprint density at radius 1 is 1.35 bits per heavy atom. The standard InChI is InChI=1S/C15H23N3O2/c1-4-12-10-13(17-11(2)16-12)18-14(19)15(20-3)8-6-5-7-9-15/h10H,4-9H2,1-3H3,(H,16,17,18,19). The summed E-state index contributed by atoms with van der Waals surface area (Å²) in [5.74, 6) is 1.16. The van der Waals surface area contributed by atoms with Crippen LogP contribution in [0.25, 0.3) is 0 Å². The predicted octanol–water partition coefficient (Wildman–Crippen LogP) is 2.64. The topological polar surface area (TPSA) is 64.1 Å². The fourth-order valence-corrected chi connectivity index (χ4v) is 2.75. The Hall–Kier alpha value is -1.49. The summed E-state index contributed by atoms with van der Waals surface area (Å²) in [6, 6.07) is 1.83. The van der Waals surface area contributed by atoms with Crippen molar-refractivity contribution in [2.75, 3.05) is 12.4 Å². The number of hydrogen-bond donors (Lipinski definition) is 1. The van der Waals surface area contributed by atoms with Crippen LogP contribution in [0.5, 0.6) is 0 Å². The zero-order valence-corrected chi connectivity index (χ0v) is 12.5. The van der Waals surface area contributed by atoms with Crippen molar-refractivity contribution in [2.45, 2.75) is 58.0 Å². The van der Waals surface area contributed by atoms with Crippen LogP contribution in [0.2, 0.25) is 0 Å². The van der Waals surface area contributed by atoms with Crippen molar-refractivity contribution in [3.8, 4) is 0 Å². The summed E-state index contributed by atoms with van der Waals surface area (Å²) in [4.78, 5) is 21.1. The molecule has 0 bridgehead atoms. The zero-order chi connectivity index (χ0) is 14.6. The lowest BCUT2D eigenvalue weighted by molar-refractivity contribution is -0.141.